The number of likely N-dealkylation sites (tertiary alicyclic amines) is 1. The highest BCUT2D eigenvalue weighted by Crippen LogP contribution is 2.26. The lowest BCUT2D eigenvalue weighted by molar-refractivity contribution is 0.0687. The van der Waals surface area contributed by atoms with E-state index < -0.39 is 0 Å². The van der Waals surface area contributed by atoms with Crippen LogP contribution in [0.5, 0.6) is 0 Å². The average Bonchev–Trinajstić information content (AvgIpc) is 2.35. The van der Waals surface area contributed by atoms with Crippen LogP contribution in [0.3, 0.4) is 0 Å². The summed E-state index contributed by atoms with van der Waals surface area (Å²) in [5.74, 6) is 0.298. The molecule has 0 N–H and O–H groups in total. The highest BCUT2D eigenvalue weighted by Gasteiger charge is 2.28. The monoisotopic (exact) mass is 349 g/mol. The zero-order chi connectivity index (χ0) is 13.3. The molecule has 0 saturated carbocycles. The number of hydrogen-bond acceptors (Lipinski definition) is 1. The lowest BCUT2D eigenvalue weighted by Gasteiger charge is -2.34. The Morgan fingerprint density at radius 2 is 2.22 bits per heavy atom. The summed E-state index contributed by atoms with van der Waals surface area (Å²) in [6.45, 7) is 3.45. The van der Waals surface area contributed by atoms with Crippen molar-refractivity contribution in [2.45, 2.75) is 18.7 Å². The summed E-state index contributed by atoms with van der Waals surface area (Å²) in [5.41, 5.74) is 0.547. The third kappa shape index (κ3) is 3.01. The Balaban J connectivity index is 2.19. The summed E-state index contributed by atoms with van der Waals surface area (Å²) in [5, 5.41) is 0.649. The van der Waals surface area contributed by atoms with Crippen molar-refractivity contribution < 1.29 is 4.79 Å². The first kappa shape index (κ1) is 14.2. The number of piperidine rings is 1. The molecule has 18 heavy (non-hydrogen) atoms. The van der Waals surface area contributed by atoms with Crippen LogP contribution in [0.15, 0.2) is 22.7 Å². The lowest BCUT2D eigenvalue weighted by Crippen LogP contribution is -2.43. The number of nitrogens with zero attached hydrogens (tertiary/aromatic N) is 1. The van der Waals surface area contributed by atoms with E-state index in [4.69, 9.17) is 23.2 Å². The number of amides is 1. The Hall–Kier alpha value is -0.250. The molecule has 2 nitrogen and oxygen atoms in total. The van der Waals surface area contributed by atoms with Gasteiger partial charge in [-0.2, -0.15) is 0 Å². The average molecular weight is 351 g/mol. The molecule has 1 aliphatic heterocycles. The number of benzene rings is 1. The maximum atomic E-state index is 12.4. The third-order valence-corrected chi connectivity index (χ3v) is 4.72. The first-order valence-electron chi connectivity index (χ1n) is 5.87. The second-order valence-corrected chi connectivity index (χ2v) is 6.54. The van der Waals surface area contributed by atoms with Crippen LogP contribution in [-0.2, 0) is 0 Å². The maximum Gasteiger partial charge on any atom is 0.255 e. The predicted molar refractivity (Wildman–Crippen MR) is 78.5 cm³/mol. The standard InChI is InChI=1S/C13H14BrCl2NO/c1-8-7-17(5-4-11(8)15)13(18)10-6-9(14)2-3-12(10)16/h2-3,6,8,11H,4-5,7H2,1H3. The van der Waals surface area contributed by atoms with Gasteiger partial charge in [0.2, 0.25) is 0 Å². The highest BCUT2D eigenvalue weighted by atomic mass is 79.9. The number of alkyl halides is 1. The van der Waals surface area contributed by atoms with Crippen LogP contribution >= 0.6 is 39.1 Å². The van der Waals surface area contributed by atoms with E-state index in [1.807, 2.05) is 11.0 Å². The Kier molecular flexibility index (Phi) is 4.57. The van der Waals surface area contributed by atoms with Crippen LogP contribution in [-0.4, -0.2) is 29.3 Å². The van der Waals surface area contributed by atoms with Crippen LogP contribution in [0.1, 0.15) is 23.7 Å². The minimum absolute atomic E-state index is 0.0169. The fourth-order valence-electron chi connectivity index (χ4n) is 2.13. The van der Waals surface area contributed by atoms with Gasteiger partial charge in [-0.05, 0) is 30.5 Å². The van der Waals surface area contributed by atoms with Crippen LogP contribution in [0.2, 0.25) is 5.02 Å². The molecule has 0 aliphatic carbocycles. The molecule has 2 unspecified atom stereocenters. The zero-order valence-corrected chi connectivity index (χ0v) is 13.1. The van der Waals surface area contributed by atoms with Gasteiger partial charge in [0.1, 0.15) is 0 Å². The first-order chi connectivity index (χ1) is 8.49. The fraction of sp³-hybridized carbons (Fsp3) is 0.462. The molecule has 1 heterocycles. The minimum atomic E-state index is -0.0169. The second kappa shape index (κ2) is 5.81. The molecule has 0 aromatic heterocycles. The maximum absolute atomic E-state index is 12.4. The highest BCUT2D eigenvalue weighted by molar-refractivity contribution is 9.10. The van der Waals surface area contributed by atoms with Crippen molar-refractivity contribution in [3.05, 3.63) is 33.3 Å². The smallest absolute Gasteiger partial charge is 0.255 e. The quantitative estimate of drug-likeness (QED) is 0.695. The molecular weight excluding hydrogens is 337 g/mol. The third-order valence-electron chi connectivity index (χ3n) is 3.25. The van der Waals surface area contributed by atoms with Crippen molar-refractivity contribution in [1.29, 1.82) is 0 Å². The molecule has 98 valence electrons. The summed E-state index contributed by atoms with van der Waals surface area (Å²) in [4.78, 5) is 14.2. The molecule has 0 spiro atoms. The number of hydrogen-bond donors (Lipinski definition) is 0. The van der Waals surface area contributed by atoms with E-state index in [1.54, 1.807) is 12.1 Å². The lowest BCUT2D eigenvalue weighted by atomic mass is 9.99. The summed E-state index contributed by atoms with van der Waals surface area (Å²) in [7, 11) is 0. The van der Waals surface area contributed by atoms with Gasteiger partial charge >= 0.3 is 0 Å². The van der Waals surface area contributed by atoms with E-state index in [1.165, 1.54) is 0 Å². The topological polar surface area (TPSA) is 20.3 Å². The summed E-state index contributed by atoms with van der Waals surface area (Å²) in [6.07, 6.45) is 0.833. The van der Waals surface area contributed by atoms with Gasteiger partial charge in [0.05, 0.1) is 10.6 Å². The number of carbonyl (C=O) groups is 1. The molecule has 5 heteroatoms. The molecule has 0 radical (unpaired) electrons. The van der Waals surface area contributed by atoms with E-state index in [-0.39, 0.29) is 11.3 Å². The van der Waals surface area contributed by atoms with Gasteiger partial charge in [-0.3, -0.25) is 4.79 Å². The van der Waals surface area contributed by atoms with Crippen molar-refractivity contribution in [2.75, 3.05) is 13.1 Å². The largest absolute Gasteiger partial charge is 0.338 e. The van der Waals surface area contributed by atoms with Gasteiger partial charge in [-0.15, -0.1) is 11.6 Å². The van der Waals surface area contributed by atoms with E-state index in [2.05, 4.69) is 22.9 Å². The first-order valence-corrected chi connectivity index (χ1v) is 7.48. The van der Waals surface area contributed by atoms with Gasteiger partial charge in [-0.1, -0.05) is 34.5 Å². The van der Waals surface area contributed by atoms with Crippen LogP contribution in [0.4, 0.5) is 0 Å². The molecule has 1 saturated heterocycles. The predicted octanol–water partition coefficient (Wildman–Crippen LogP) is 4.19. The van der Waals surface area contributed by atoms with Gasteiger partial charge in [0.15, 0.2) is 0 Å². The molecule has 1 amide bonds. The molecular formula is C13H14BrCl2NO. The molecule has 2 atom stereocenters. The molecule has 1 aromatic carbocycles. The van der Waals surface area contributed by atoms with E-state index >= 15 is 0 Å². The van der Waals surface area contributed by atoms with Crippen molar-refractivity contribution in [2.24, 2.45) is 5.92 Å². The Labute approximate surface area is 125 Å². The number of rotatable bonds is 1. The van der Waals surface area contributed by atoms with Crippen LogP contribution in [0.25, 0.3) is 0 Å². The normalized spacial score (nSPS) is 24.1. The zero-order valence-electron chi connectivity index (χ0n) is 10.00. The summed E-state index contributed by atoms with van der Waals surface area (Å²) >= 11 is 15.6. The molecule has 0 bridgehead atoms. The van der Waals surface area contributed by atoms with E-state index in [9.17, 15) is 4.79 Å². The van der Waals surface area contributed by atoms with E-state index in [0.717, 1.165) is 10.9 Å². The summed E-state index contributed by atoms with van der Waals surface area (Å²) in [6, 6.07) is 5.32. The fourth-order valence-corrected chi connectivity index (χ4v) is 2.87. The van der Waals surface area contributed by atoms with Crippen molar-refractivity contribution in [3.63, 3.8) is 0 Å². The second-order valence-electron chi connectivity index (χ2n) is 4.66. The SMILES string of the molecule is CC1CN(C(=O)c2cc(Br)ccc2Cl)CCC1Cl. The van der Waals surface area contributed by atoms with Gasteiger partial charge in [-0.25, -0.2) is 0 Å². The van der Waals surface area contributed by atoms with Crippen molar-refractivity contribution >= 4 is 45.0 Å². The molecule has 1 aromatic rings. The number of carbonyl (C=O) groups excluding carboxylic acids is 1. The molecule has 2 rings (SSSR count). The minimum Gasteiger partial charge on any atom is -0.338 e. The Morgan fingerprint density at radius 3 is 2.89 bits per heavy atom. The van der Waals surface area contributed by atoms with Crippen molar-refractivity contribution in [1.82, 2.24) is 4.90 Å². The Morgan fingerprint density at radius 1 is 1.50 bits per heavy atom. The van der Waals surface area contributed by atoms with Crippen LogP contribution < -0.4 is 0 Å². The van der Waals surface area contributed by atoms with Crippen LogP contribution in [0, 0.1) is 5.92 Å². The van der Waals surface area contributed by atoms with Gasteiger partial charge in [0, 0.05) is 22.9 Å². The van der Waals surface area contributed by atoms with Gasteiger partial charge < -0.3 is 4.90 Å². The molecule has 1 aliphatic rings. The summed E-state index contributed by atoms with van der Waals surface area (Å²) < 4.78 is 0.857. The number of halogens is 3. The van der Waals surface area contributed by atoms with E-state index in [0.29, 0.717) is 29.6 Å². The Bertz CT molecular complexity index is 466. The molecule has 1 fully saturated rings. The van der Waals surface area contributed by atoms with Crippen molar-refractivity contribution in [3.8, 4) is 0 Å². The van der Waals surface area contributed by atoms with Gasteiger partial charge in [0.25, 0.3) is 5.91 Å².